The SMILES string of the molecule is CNc1ccc(N(CCO)CCO)cc1[N+](=O)[O-]. The second kappa shape index (κ2) is 6.77. The van der Waals surface area contributed by atoms with Crippen LogP contribution in [0.2, 0.25) is 0 Å². The van der Waals surface area contributed by atoms with Gasteiger partial charge in [0.2, 0.25) is 0 Å². The van der Waals surface area contributed by atoms with Crippen LogP contribution in [0.1, 0.15) is 0 Å². The molecule has 0 aliphatic rings. The van der Waals surface area contributed by atoms with Crippen molar-refractivity contribution in [2.24, 2.45) is 0 Å². The lowest BCUT2D eigenvalue weighted by molar-refractivity contribution is -0.383. The molecule has 0 saturated carbocycles. The average molecular weight is 255 g/mol. The Bertz CT molecular complexity index is 405. The molecule has 0 aromatic heterocycles. The van der Waals surface area contributed by atoms with E-state index in [-0.39, 0.29) is 18.9 Å². The summed E-state index contributed by atoms with van der Waals surface area (Å²) in [6, 6.07) is 4.75. The van der Waals surface area contributed by atoms with Crippen LogP contribution in [0, 0.1) is 10.1 Å². The van der Waals surface area contributed by atoms with E-state index in [1.807, 2.05) is 0 Å². The second-order valence-electron chi connectivity index (χ2n) is 3.64. The van der Waals surface area contributed by atoms with E-state index in [1.54, 1.807) is 24.1 Å². The van der Waals surface area contributed by atoms with E-state index >= 15 is 0 Å². The van der Waals surface area contributed by atoms with Gasteiger partial charge in [-0.15, -0.1) is 0 Å². The van der Waals surface area contributed by atoms with Gasteiger partial charge in [-0.3, -0.25) is 10.1 Å². The van der Waals surface area contributed by atoms with Gasteiger partial charge < -0.3 is 20.4 Å². The zero-order chi connectivity index (χ0) is 13.5. The molecule has 0 aliphatic heterocycles. The number of nitrogens with zero attached hydrogens (tertiary/aromatic N) is 2. The zero-order valence-corrected chi connectivity index (χ0v) is 10.2. The fourth-order valence-corrected chi connectivity index (χ4v) is 1.69. The third kappa shape index (κ3) is 3.31. The van der Waals surface area contributed by atoms with Gasteiger partial charge in [0.1, 0.15) is 5.69 Å². The maximum atomic E-state index is 10.9. The van der Waals surface area contributed by atoms with E-state index in [0.717, 1.165) is 0 Å². The van der Waals surface area contributed by atoms with Gasteiger partial charge in [-0.25, -0.2) is 0 Å². The number of hydrogen-bond donors (Lipinski definition) is 3. The first kappa shape index (κ1) is 14.2. The average Bonchev–Trinajstić information content (AvgIpc) is 2.37. The molecule has 0 unspecified atom stereocenters. The maximum Gasteiger partial charge on any atom is 0.294 e. The molecule has 1 aromatic carbocycles. The first-order chi connectivity index (χ1) is 8.63. The summed E-state index contributed by atoms with van der Waals surface area (Å²) in [5.74, 6) is 0. The van der Waals surface area contributed by atoms with Crippen molar-refractivity contribution in [2.75, 3.05) is 43.6 Å². The first-order valence-corrected chi connectivity index (χ1v) is 5.57. The largest absolute Gasteiger partial charge is 0.395 e. The van der Waals surface area contributed by atoms with Gasteiger partial charge in [0.25, 0.3) is 5.69 Å². The van der Waals surface area contributed by atoms with Crippen LogP contribution in [0.4, 0.5) is 17.1 Å². The van der Waals surface area contributed by atoms with Gasteiger partial charge in [0, 0.05) is 31.9 Å². The third-order valence-corrected chi connectivity index (χ3v) is 2.55. The molecule has 0 amide bonds. The van der Waals surface area contributed by atoms with Crippen LogP contribution < -0.4 is 10.2 Å². The molecule has 0 heterocycles. The second-order valence-corrected chi connectivity index (χ2v) is 3.64. The summed E-state index contributed by atoms with van der Waals surface area (Å²) in [5.41, 5.74) is 0.997. The van der Waals surface area contributed by atoms with Gasteiger partial charge in [-0.05, 0) is 12.1 Å². The molecular weight excluding hydrogens is 238 g/mol. The summed E-state index contributed by atoms with van der Waals surface area (Å²) >= 11 is 0. The van der Waals surface area contributed by atoms with Crippen LogP contribution in [-0.2, 0) is 0 Å². The number of nitro benzene ring substituents is 1. The predicted molar refractivity (Wildman–Crippen MR) is 69.0 cm³/mol. The van der Waals surface area contributed by atoms with E-state index in [9.17, 15) is 10.1 Å². The van der Waals surface area contributed by atoms with Crippen molar-refractivity contribution < 1.29 is 15.1 Å². The van der Waals surface area contributed by atoms with E-state index < -0.39 is 4.92 Å². The van der Waals surface area contributed by atoms with Gasteiger partial charge >= 0.3 is 0 Å². The van der Waals surface area contributed by atoms with Crippen molar-refractivity contribution >= 4 is 17.1 Å². The quantitative estimate of drug-likeness (QED) is 0.482. The minimum atomic E-state index is -0.467. The monoisotopic (exact) mass is 255 g/mol. The number of rotatable bonds is 7. The summed E-state index contributed by atoms with van der Waals surface area (Å²) in [6.45, 7) is 0.469. The molecule has 7 heteroatoms. The van der Waals surface area contributed by atoms with Crippen LogP contribution in [0.25, 0.3) is 0 Å². The summed E-state index contributed by atoms with van der Waals surface area (Å²) in [6.07, 6.45) is 0. The van der Waals surface area contributed by atoms with E-state index in [0.29, 0.717) is 24.5 Å². The molecule has 3 N–H and O–H groups in total. The molecule has 0 fully saturated rings. The highest BCUT2D eigenvalue weighted by atomic mass is 16.6. The van der Waals surface area contributed by atoms with Crippen molar-refractivity contribution in [1.82, 2.24) is 0 Å². The van der Waals surface area contributed by atoms with Crippen LogP contribution >= 0.6 is 0 Å². The van der Waals surface area contributed by atoms with Gasteiger partial charge in [0.05, 0.1) is 18.1 Å². The number of aliphatic hydroxyl groups excluding tert-OH is 2. The number of benzene rings is 1. The molecule has 18 heavy (non-hydrogen) atoms. The fraction of sp³-hybridized carbons (Fsp3) is 0.455. The van der Waals surface area contributed by atoms with Crippen LogP contribution in [0.3, 0.4) is 0 Å². The van der Waals surface area contributed by atoms with E-state index in [4.69, 9.17) is 10.2 Å². The Kier molecular flexibility index (Phi) is 5.34. The molecule has 0 radical (unpaired) electrons. The lowest BCUT2D eigenvalue weighted by atomic mass is 10.2. The summed E-state index contributed by atoms with van der Waals surface area (Å²) in [4.78, 5) is 12.1. The van der Waals surface area contributed by atoms with E-state index in [2.05, 4.69) is 5.32 Å². The Morgan fingerprint density at radius 1 is 1.33 bits per heavy atom. The lowest BCUT2D eigenvalue weighted by Gasteiger charge is -2.23. The smallest absolute Gasteiger partial charge is 0.294 e. The van der Waals surface area contributed by atoms with Crippen molar-refractivity contribution in [3.05, 3.63) is 28.3 Å². The van der Waals surface area contributed by atoms with Gasteiger partial charge in [0.15, 0.2) is 0 Å². The van der Waals surface area contributed by atoms with E-state index in [1.165, 1.54) is 6.07 Å². The van der Waals surface area contributed by atoms with Crippen molar-refractivity contribution in [1.29, 1.82) is 0 Å². The number of nitrogens with one attached hydrogen (secondary N) is 1. The zero-order valence-electron chi connectivity index (χ0n) is 10.2. The van der Waals surface area contributed by atoms with Gasteiger partial charge in [-0.2, -0.15) is 0 Å². The topological polar surface area (TPSA) is 98.9 Å². The van der Waals surface area contributed by atoms with Crippen LogP contribution in [0.5, 0.6) is 0 Å². The minimum Gasteiger partial charge on any atom is -0.395 e. The fourth-order valence-electron chi connectivity index (χ4n) is 1.69. The molecule has 7 nitrogen and oxygen atoms in total. The highest BCUT2D eigenvalue weighted by Crippen LogP contribution is 2.29. The molecule has 0 spiro atoms. The third-order valence-electron chi connectivity index (χ3n) is 2.55. The highest BCUT2D eigenvalue weighted by Gasteiger charge is 2.16. The van der Waals surface area contributed by atoms with Gasteiger partial charge in [-0.1, -0.05) is 0 Å². The van der Waals surface area contributed by atoms with Crippen LogP contribution in [-0.4, -0.2) is 48.5 Å². The molecule has 0 saturated heterocycles. The summed E-state index contributed by atoms with van der Waals surface area (Å²) < 4.78 is 0. The van der Waals surface area contributed by atoms with Crippen molar-refractivity contribution in [3.63, 3.8) is 0 Å². The van der Waals surface area contributed by atoms with Crippen molar-refractivity contribution in [3.8, 4) is 0 Å². The minimum absolute atomic E-state index is 0.0316. The standard InChI is InChI=1S/C11H17N3O4/c1-12-10-3-2-9(8-11(10)14(17)18)13(4-6-15)5-7-16/h2-3,8,12,15-16H,4-7H2,1H3. The van der Waals surface area contributed by atoms with Crippen molar-refractivity contribution in [2.45, 2.75) is 0 Å². The van der Waals surface area contributed by atoms with Crippen LogP contribution in [0.15, 0.2) is 18.2 Å². The molecule has 100 valence electrons. The summed E-state index contributed by atoms with van der Waals surface area (Å²) in [7, 11) is 1.61. The molecule has 0 aliphatic carbocycles. The number of nitro groups is 1. The Morgan fingerprint density at radius 3 is 2.39 bits per heavy atom. The molecule has 0 atom stereocenters. The Labute approximate surface area is 105 Å². The molecule has 0 bridgehead atoms. The maximum absolute atomic E-state index is 10.9. The highest BCUT2D eigenvalue weighted by molar-refractivity contribution is 5.68. The molecular formula is C11H17N3O4. The first-order valence-electron chi connectivity index (χ1n) is 5.57. The Morgan fingerprint density at radius 2 is 1.94 bits per heavy atom. The Balaban J connectivity index is 3.08. The predicted octanol–water partition coefficient (Wildman–Crippen LogP) is 0.427. The summed E-state index contributed by atoms with van der Waals surface area (Å²) in [5, 5.41) is 31.5. The molecule has 1 rings (SSSR count). The lowest BCUT2D eigenvalue weighted by Crippen LogP contribution is -2.29. The Hall–Kier alpha value is -1.86. The molecule has 1 aromatic rings. The number of aliphatic hydroxyl groups is 2. The normalized spacial score (nSPS) is 10.2. The number of anilines is 2. The number of hydrogen-bond acceptors (Lipinski definition) is 6.